The third-order valence-corrected chi connectivity index (χ3v) is 3.39. The van der Waals surface area contributed by atoms with Gasteiger partial charge < -0.3 is 21.3 Å². The van der Waals surface area contributed by atoms with E-state index in [1.54, 1.807) is 0 Å². The molecule has 100 valence electrons. The van der Waals surface area contributed by atoms with Crippen LogP contribution >= 0.6 is 0 Å². The number of amides is 2. The number of benzene rings is 1. The van der Waals surface area contributed by atoms with Crippen molar-refractivity contribution in [1.82, 2.24) is 10.6 Å². The van der Waals surface area contributed by atoms with Crippen LogP contribution in [0.5, 0.6) is 0 Å². The number of hydrogen-bond donors (Lipinski definition) is 4. The predicted octanol–water partition coefficient (Wildman–Crippen LogP) is -0.103. The van der Waals surface area contributed by atoms with Crippen LogP contribution in [0, 0.1) is 0 Å². The molecule has 1 saturated heterocycles. The van der Waals surface area contributed by atoms with Crippen molar-refractivity contribution in [2.45, 2.75) is 18.5 Å². The van der Waals surface area contributed by atoms with Crippen LogP contribution in [-0.2, 0) is 9.59 Å². The van der Waals surface area contributed by atoms with Crippen molar-refractivity contribution in [3.63, 3.8) is 0 Å². The minimum atomic E-state index is -0.314. The Kier molecular flexibility index (Phi) is 2.98. The van der Waals surface area contributed by atoms with Gasteiger partial charge in [-0.2, -0.15) is 0 Å². The number of fused-ring (bicyclic) bond motifs is 1. The highest BCUT2D eigenvalue weighted by molar-refractivity contribution is 5.89. The van der Waals surface area contributed by atoms with Crippen LogP contribution in [0.25, 0.3) is 0 Å². The number of rotatable bonds is 2. The third kappa shape index (κ3) is 2.47. The van der Waals surface area contributed by atoms with Crippen LogP contribution in [0.15, 0.2) is 24.3 Å². The lowest BCUT2D eigenvalue weighted by atomic mass is 10.1. The van der Waals surface area contributed by atoms with Crippen LogP contribution in [0.3, 0.4) is 0 Å². The van der Waals surface area contributed by atoms with Gasteiger partial charge in [0.25, 0.3) is 0 Å². The van der Waals surface area contributed by atoms with Crippen LogP contribution in [0.1, 0.15) is 6.42 Å². The topological polar surface area (TPSA) is 82.3 Å². The fourth-order valence-corrected chi connectivity index (χ4v) is 2.38. The first-order valence-electron chi connectivity index (χ1n) is 6.39. The Morgan fingerprint density at radius 3 is 2.68 bits per heavy atom. The van der Waals surface area contributed by atoms with Gasteiger partial charge in [-0.3, -0.25) is 9.59 Å². The van der Waals surface area contributed by atoms with E-state index >= 15 is 0 Å². The Balaban J connectivity index is 1.61. The standard InChI is InChI=1S/C13H16N4O2/c18-12-5-8(6-15-12)16-13(19)11-7-14-9-3-1-2-4-10(9)17-11/h1-4,8,11,14,17H,5-7H2,(H,15,18)(H,16,19). The zero-order valence-corrected chi connectivity index (χ0v) is 10.4. The van der Waals surface area contributed by atoms with Gasteiger partial charge in [-0.1, -0.05) is 12.1 Å². The van der Waals surface area contributed by atoms with E-state index in [4.69, 9.17) is 0 Å². The first-order chi connectivity index (χ1) is 9.22. The number of para-hydroxylation sites is 2. The van der Waals surface area contributed by atoms with E-state index in [2.05, 4.69) is 21.3 Å². The summed E-state index contributed by atoms with van der Waals surface area (Å²) >= 11 is 0. The quantitative estimate of drug-likeness (QED) is 0.598. The van der Waals surface area contributed by atoms with Crippen LogP contribution in [0.4, 0.5) is 11.4 Å². The summed E-state index contributed by atoms with van der Waals surface area (Å²) in [6.45, 7) is 1.05. The molecule has 0 saturated carbocycles. The largest absolute Gasteiger partial charge is 0.381 e. The molecule has 0 aliphatic carbocycles. The van der Waals surface area contributed by atoms with Gasteiger partial charge in [-0.25, -0.2) is 0 Å². The number of carbonyl (C=O) groups is 2. The van der Waals surface area contributed by atoms with Crippen molar-refractivity contribution in [3.8, 4) is 0 Å². The molecule has 6 nitrogen and oxygen atoms in total. The summed E-state index contributed by atoms with van der Waals surface area (Å²) in [5.41, 5.74) is 1.93. The maximum absolute atomic E-state index is 12.1. The minimum absolute atomic E-state index is 0.00891. The molecule has 2 amide bonds. The SMILES string of the molecule is O=C1CC(NC(=O)C2CNc3ccccc3N2)CN1. The summed E-state index contributed by atoms with van der Waals surface area (Å²) in [6.07, 6.45) is 0.364. The Morgan fingerprint density at radius 1 is 1.16 bits per heavy atom. The molecule has 0 aromatic heterocycles. The van der Waals surface area contributed by atoms with E-state index in [1.165, 1.54) is 0 Å². The zero-order valence-electron chi connectivity index (χ0n) is 10.4. The molecule has 19 heavy (non-hydrogen) atoms. The molecular formula is C13H16N4O2. The van der Waals surface area contributed by atoms with Gasteiger partial charge in [0.2, 0.25) is 11.8 Å². The van der Waals surface area contributed by atoms with Gasteiger partial charge in [0.05, 0.1) is 17.4 Å². The van der Waals surface area contributed by atoms with Crippen molar-refractivity contribution >= 4 is 23.2 Å². The van der Waals surface area contributed by atoms with Crippen LogP contribution < -0.4 is 21.3 Å². The van der Waals surface area contributed by atoms with Gasteiger partial charge in [0, 0.05) is 19.5 Å². The number of hydrogen-bond acceptors (Lipinski definition) is 4. The highest BCUT2D eigenvalue weighted by Crippen LogP contribution is 2.25. The van der Waals surface area contributed by atoms with Gasteiger partial charge in [0.15, 0.2) is 0 Å². The molecule has 0 bridgehead atoms. The van der Waals surface area contributed by atoms with Gasteiger partial charge >= 0.3 is 0 Å². The second-order valence-corrected chi connectivity index (χ2v) is 4.84. The van der Waals surface area contributed by atoms with Crippen LogP contribution in [0.2, 0.25) is 0 Å². The first kappa shape index (κ1) is 11.8. The summed E-state index contributed by atoms with van der Waals surface area (Å²) < 4.78 is 0. The van der Waals surface area contributed by atoms with Crippen LogP contribution in [-0.4, -0.2) is 37.0 Å². The molecule has 6 heteroatoms. The van der Waals surface area contributed by atoms with Crippen molar-refractivity contribution in [1.29, 1.82) is 0 Å². The average Bonchev–Trinajstić information content (AvgIpc) is 2.83. The molecule has 1 fully saturated rings. The van der Waals surface area contributed by atoms with E-state index in [0.717, 1.165) is 11.4 Å². The fraction of sp³-hybridized carbons (Fsp3) is 0.385. The van der Waals surface area contributed by atoms with Crippen molar-refractivity contribution in [2.24, 2.45) is 0 Å². The Labute approximate surface area is 110 Å². The highest BCUT2D eigenvalue weighted by Gasteiger charge is 2.28. The van der Waals surface area contributed by atoms with Gasteiger partial charge in [0.1, 0.15) is 6.04 Å². The van der Waals surface area contributed by atoms with Crippen molar-refractivity contribution in [3.05, 3.63) is 24.3 Å². The molecule has 1 aromatic carbocycles. The summed E-state index contributed by atoms with van der Waals surface area (Å²) in [5.74, 6) is -0.0890. The normalized spacial score (nSPS) is 24.7. The average molecular weight is 260 g/mol. The second-order valence-electron chi connectivity index (χ2n) is 4.84. The van der Waals surface area contributed by atoms with E-state index in [9.17, 15) is 9.59 Å². The number of nitrogens with one attached hydrogen (secondary N) is 4. The smallest absolute Gasteiger partial charge is 0.244 e. The molecule has 1 aromatic rings. The molecule has 0 radical (unpaired) electrons. The van der Waals surface area contributed by atoms with Crippen molar-refractivity contribution < 1.29 is 9.59 Å². The summed E-state index contributed by atoms with van der Waals surface area (Å²) in [7, 11) is 0. The van der Waals surface area contributed by atoms with E-state index in [0.29, 0.717) is 19.5 Å². The molecule has 2 aliphatic rings. The molecule has 4 N–H and O–H groups in total. The lowest BCUT2D eigenvalue weighted by Crippen LogP contribution is -2.49. The second kappa shape index (κ2) is 4.79. The maximum Gasteiger partial charge on any atom is 0.244 e. The lowest BCUT2D eigenvalue weighted by molar-refractivity contribution is -0.122. The fourth-order valence-electron chi connectivity index (χ4n) is 2.38. The Hall–Kier alpha value is -2.24. The molecule has 2 unspecified atom stereocenters. The number of anilines is 2. The molecule has 2 heterocycles. The monoisotopic (exact) mass is 260 g/mol. The summed E-state index contributed by atoms with van der Waals surface area (Å²) in [5, 5.41) is 12.0. The molecular weight excluding hydrogens is 244 g/mol. The molecule has 0 spiro atoms. The first-order valence-corrected chi connectivity index (χ1v) is 6.39. The predicted molar refractivity (Wildman–Crippen MR) is 71.9 cm³/mol. The maximum atomic E-state index is 12.1. The van der Waals surface area contributed by atoms with E-state index in [-0.39, 0.29) is 23.9 Å². The van der Waals surface area contributed by atoms with E-state index < -0.39 is 0 Å². The summed E-state index contributed by atoms with van der Waals surface area (Å²) in [6, 6.07) is 7.36. The Bertz CT molecular complexity index is 517. The van der Waals surface area contributed by atoms with E-state index in [1.807, 2.05) is 24.3 Å². The lowest BCUT2D eigenvalue weighted by Gasteiger charge is -2.28. The molecule has 2 atom stereocenters. The third-order valence-electron chi connectivity index (χ3n) is 3.39. The van der Waals surface area contributed by atoms with Gasteiger partial charge in [-0.05, 0) is 12.1 Å². The minimum Gasteiger partial charge on any atom is -0.381 e. The molecule has 2 aliphatic heterocycles. The van der Waals surface area contributed by atoms with Crippen molar-refractivity contribution in [2.75, 3.05) is 23.7 Å². The molecule has 3 rings (SSSR count). The number of carbonyl (C=O) groups excluding carboxylic acids is 2. The summed E-state index contributed by atoms with van der Waals surface area (Å²) in [4.78, 5) is 23.2. The highest BCUT2D eigenvalue weighted by atomic mass is 16.2. The Morgan fingerprint density at radius 2 is 1.95 bits per heavy atom. The van der Waals surface area contributed by atoms with Gasteiger partial charge in [-0.15, -0.1) is 0 Å². The zero-order chi connectivity index (χ0) is 13.2.